The molecule has 1 heterocycles. The maximum atomic E-state index is 11.4. The second-order valence-electron chi connectivity index (χ2n) is 3.76. The molecule has 0 aliphatic carbocycles. The van der Waals surface area contributed by atoms with E-state index in [1.54, 1.807) is 7.11 Å². The van der Waals surface area contributed by atoms with Crippen molar-refractivity contribution in [1.82, 2.24) is 5.32 Å². The van der Waals surface area contributed by atoms with Crippen molar-refractivity contribution in [3.05, 3.63) is 0 Å². The van der Waals surface area contributed by atoms with Gasteiger partial charge in [-0.1, -0.05) is 0 Å². The van der Waals surface area contributed by atoms with Crippen LogP contribution < -0.4 is 5.32 Å². The molecule has 88 valence electrons. The van der Waals surface area contributed by atoms with Gasteiger partial charge in [-0.2, -0.15) is 0 Å². The van der Waals surface area contributed by atoms with Crippen LogP contribution in [0.5, 0.6) is 0 Å². The lowest BCUT2D eigenvalue weighted by atomic mass is 10.0. The minimum absolute atomic E-state index is 0.0268. The highest BCUT2D eigenvalue weighted by Gasteiger charge is 2.35. The first-order chi connectivity index (χ1) is 7.22. The summed E-state index contributed by atoms with van der Waals surface area (Å²) < 4.78 is 10.7. The van der Waals surface area contributed by atoms with E-state index in [4.69, 9.17) is 21.1 Å². The summed E-state index contributed by atoms with van der Waals surface area (Å²) in [6.07, 6.45) is 2.02. The van der Waals surface area contributed by atoms with Gasteiger partial charge in [0.25, 0.3) is 0 Å². The van der Waals surface area contributed by atoms with Crippen LogP contribution in [0.15, 0.2) is 0 Å². The molecule has 1 atom stereocenters. The number of hydrogen-bond donors (Lipinski definition) is 1. The van der Waals surface area contributed by atoms with E-state index in [1.165, 1.54) is 0 Å². The molecule has 1 aliphatic heterocycles. The van der Waals surface area contributed by atoms with Gasteiger partial charge in [0.15, 0.2) is 0 Å². The summed E-state index contributed by atoms with van der Waals surface area (Å²) in [5.41, 5.74) is -0.323. The third-order valence-corrected chi connectivity index (χ3v) is 2.91. The molecule has 4 nitrogen and oxygen atoms in total. The summed E-state index contributed by atoms with van der Waals surface area (Å²) in [5.74, 6) is 0.547. The van der Waals surface area contributed by atoms with Crippen LogP contribution in [0, 0.1) is 0 Å². The smallest absolute Gasteiger partial charge is 0.220 e. The number of amides is 1. The van der Waals surface area contributed by atoms with Gasteiger partial charge >= 0.3 is 0 Å². The van der Waals surface area contributed by atoms with Gasteiger partial charge in [0, 0.05) is 39.0 Å². The largest absolute Gasteiger partial charge is 0.378 e. The maximum absolute atomic E-state index is 11.4. The summed E-state index contributed by atoms with van der Waals surface area (Å²) in [4.78, 5) is 11.4. The molecule has 0 aromatic carbocycles. The van der Waals surface area contributed by atoms with Gasteiger partial charge in [-0.25, -0.2) is 0 Å². The van der Waals surface area contributed by atoms with E-state index in [0.717, 1.165) is 6.42 Å². The minimum Gasteiger partial charge on any atom is -0.378 e. The monoisotopic (exact) mass is 235 g/mol. The molecular formula is C10H18ClNO3. The van der Waals surface area contributed by atoms with Crippen molar-refractivity contribution in [3.8, 4) is 0 Å². The molecule has 1 aliphatic rings. The number of halogens is 1. The third-order valence-electron chi connectivity index (χ3n) is 2.65. The lowest BCUT2D eigenvalue weighted by Gasteiger charge is -2.25. The zero-order valence-electron chi connectivity index (χ0n) is 9.05. The van der Waals surface area contributed by atoms with Gasteiger partial charge in [-0.3, -0.25) is 4.79 Å². The highest BCUT2D eigenvalue weighted by Crippen LogP contribution is 2.21. The number of methoxy groups -OCH3 is 1. The number of alkyl halides is 1. The SMILES string of the molecule is COC1(CNC(=O)CCCCl)CCOC1. The molecule has 5 heteroatoms. The average Bonchev–Trinajstić information content (AvgIpc) is 2.73. The Morgan fingerprint density at radius 3 is 3.00 bits per heavy atom. The first-order valence-electron chi connectivity index (χ1n) is 5.18. The second-order valence-corrected chi connectivity index (χ2v) is 4.14. The average molecular weight is 236 g/mol. The molecule has 1 saturated heterocycles. The zero-order valence-corrected chi connectivity index (χ0v) is 9.81. The van der Waals surface area contributed by atoms with Crippen LogP contribution in [0.25, 0.3) is 0 Å². The Morgan fingerprint density at radius 1 is 1.67 bits per heavy atom. The predicted molar refractivity (Wildman–Crippen MR) is 58.1 cm³/mol. The predicted octanol–water partition coefficient (Wildman–Crippen LogP) is 0.927. The van der Waals surface area contributed by atoms with Crippen LogP contribution in [0.1, 0.15) is 19.3 Å². The highest BCUT2D eigenvalue weighted by atomic mass is 35.5. The van der Waals surface area contributed by atoms with Crippen LogP contribution in [-0.2, 0) is 14.3 Å². The third kappa shape index (κ3) is 3.97. The van der Waals surface area contributed by atoms with Crippen molar-refractivity contribution in [1.29, 1.82) is 0 Å². The lowest BCUT2D eigenvalue weighted by Crippen LogP contribution is -2.44. The molecule has 0 saturated carbocycles. The molecule has 0 radical (unpaired) electrons. The van der Waals surface area contributed by atoms with Gasteiger partial charge in [-0.05, 0) is 6.42 Å². The van der Waals surface area contributed by atoms with Gasteiger partial charge in [0.2, 0.25) is 5.91 Å². The molecule has 1 N–H and O–H groups in total. The van der Waals surface area contributed by atoms with Crippen LogP contribution in [0.3, 0.4) is 0 Å². The minimum atomic E-state index is -0.323. The van der Waals surface area contributed by atoms with E-state index < -0.39 is 0 Å². The van der Waals surface area contributed by atoms with Gasteiger partial charge in [0.1, 0.15) is 5.60 Å². The summed E-state index contributed by atoms with van der Waals surface area (Å²) in [7, 11) is 1.65. The number of ether oxygens (including phenoxy) is 2. The standard InChI is InChI=1S/C10H18ClNO3/c1-14-10(4-6-15-8-10)7-12-9(13)3-2-5-11/h2-8H2,1H3,(H,12,13). The number of nitrogens with one attached hydrogen (secondary N) is 1. The number of carbonyl (C=O) groups is 1. The van der Waals surface area contributed by atoms with Crippen molar-refractivity contribution < 1.29 is 14.3 Å². The molecule has 15 heavy (non-hydrogen) atoms. The maximum Gasteiger partial charge on any atom is 0.220 e. The highest BCUT2D eigenvalue weighted by molar-refractivity contribution is 6.17. The summed E-state index contributed by atoms with van der Waals surface area (Å²) in [6, 6.07) is 0. The molecule has 1 amide bonds. The first kappa shape index (κ1) is 12.7. The Balaban J connectivity index is 2.25. The van der Waals surface area contributed by atoms with Crippen LogP contribution in [-0.4, -0.2) is 44.3 Å². The van der Waals surface area contributed by atoms with Gasteiger partial charge in [0.05, 0.1) is 6.61 Å². The molecule has 0 spiro atoms. The quantitative estimate of drug-likeness (QED) is 0.697. The molecule has 0 aromatic rings. The normalized spacial score (nSPS) is 25.5. The van der Waals surface area contributed by atoms with Crippen molar-refractivity contribution in [2.75, 3.05) is 32.7 Å². The van der Waals surface area contributed by atoms with Crippen molar-refractivity contribution in [2.45, 2.75) is 24.9 Å². The molecule has 1 unspecified atom stereocenters. The van der Waals surface area contributed by atoms with Crippen LogP contribution in [0.2, 0.25) is 0 Å². The summed E-state index contributed by atoms with van der Waals surface area (Å²) in [6.45, 7) is 1.77. The Bertz CT molecular complexity index is 205. The van der Waals surface area contributed by atoms with Crippen molar-refractivity contribution >= 4 is 17.5 Å². The van der Waals surface area contributed by atoms with E-state index in [9.17, 15) is 4.79 Å². The van der Waals surface area contributed by atoms with Gasteiger partial charge < -0.3 is 14.8 Å². The second kappa shape index (κ2) is 6.30. The first-order valence-corrected chi connectivity index (χ1v) is 5.71. The topological polar surface area (TPSA) is 47.6 Å². The zero-order chi connectivity index (χ0) is 11.1. The summed E-state index contributed by atoms with van der Waals surface area (Å²) in [5, 5.41) is 2.85. The lowest BCUT2D eigenvalue weighted by molar-refractivity contribution is -0.122. The van der Waals surface area contributed by atoms with E-state index >= 15 is 0 Å². The number of carbonyl (C=O) groups excluding carboxylic acids is 1. The summed E-state index contributed by atoms with van der Waals surface area (Å²) >= 11 is 5.50. The van der Waals surface area contributed by atoms with Crippen molar-refractivity contribution in [2.24, 2.45) is 0 Å². The fraction of sp³-hybridized carbons (Fsp3) is 0.900. The van der Waals surface area contributed by atoms with E-state index in [2.05, 4.69) is 5.32 Å². The number of hydrogen-bond acceptors (Lipinski definition) is 3. The van der Waals surface area contributed by atoms with Crippen molar-refractivity contribution in [3.63, 3.8) is 0 Å². The van der Waals surface area contributed by atoms with E-state index in [0.29, 0.717) is 38.5 Å². The van der Waals surface area contributed by atoms with E-state index in [-0.39, 0.29) is 11.5 Å². The van der Waals surface area contributed by atoms with E-state index in [1.807, 2.05) is 0 Å². The molecule has 0 bridgehead atoms. The Morgan fingerprint density at radius 2 is 2.47 bits per heavy atom. The molecule has 1 rings (SSSR count). The molecule has 1 fully saturated rings. The molecular weight excluding hydrogens is 218 g/mol. The van der Waals surface area contributed by atoms with Crippen LogP contribution in [0.4, 0.5) is 0 Å². The fourth-order valence-electron chi connectivity index (χ4n) is 1.54. The van der Waals surface area contributed by atoms with Crippen LogP contribution >= 0.6 is 11.6 Å². The Labute approximate surface area is 95.3 Å². The fourth-order valence-corrected chi connectivity index (χ4v) is 1.67. The van der Waals surface area contributed by atoms with Gasteiger partial charge in [-0.15, -0.1) is 11.6 Å². The Kier molecular flexibility index (Phi) is 5.36. The number of rotatable bonds is 6. The Hall–Kier alpha value is -0.320. The molecule has 0 aromatic heterocycles.